The molecule has 0 aromatic carbocycles. The highest BCUT2D eigenvalue weighted by molar-refractivity contribution is 14.1. The van der Waals surface area contributed by atoms with Crippen molar-refractivity contribution >= 4 is 40.2 Å². The molecular weight excluding hydrogens is 242 g/mol. The van der Waals surface area contributed by atoms with Crippen molar-refractivity contribution in [2.45, 2.75) is 0 Å². The highest BCUT2D eigenvalue weighted by Crippen LogP contribution is 1.86. The molecule has 0 rings (SSSR count). The lowest BCUT2D eigenvalue weighted by atomic mass is 10.8. The number of carbonyl (C=O) groups excluding carboxylic acids is 1. The van der Waals surface area contributed by atoms with Gasteiger partial charge in [-0.3, -0.25) is 4.79 Å². The number of hydrogen-bond donors (Lipinski definition) is 0. The van der Waals surface area contributed by atoms with Crippen LogP contribution >= 0.6 is 34.2 Å². The molecule has 0 spiro atoms. The lowest BCUT2D eigenvalue weighted by Gasteiger charge is -1.95. The van der Waals surface area contributed by atoms with E-state index in [9.17, 15) is 4.79 Å². The van der Waals surface area contributed by atoms with Gasteiger partial charge in [-0.05, 0) is 0 Å². The van der Waals surface area contributed by atoms with Gasteiger partial charge in [-0.15, -0.1) is 11.6 Å². The number of rotatable bonds is 3. The number of esters is 1. The number of carbonyl (C=O) groups is 1. The predicted octanol–water partition coefficient (Wildman–Crippen LogP) is 1.20. The van der Waals surface area contributed by atoms with E-state index in [-0.39, 0.29) is 5.97 Å². The quantitative estimate of drug-likeness (QED) is 0.426. The minimum atomic E-state index is -0.203. The topological polar surface area (TPSA) is 26.3 Å². The standard InChI is InChI=1S/C4H6ClIO2/c5-1-2-8-4(7)3-6/h1-3H2. The van der Waals surface area contributed by atoms with Crippen LogP contribution in [0.1, 0.15) is 0 Å². The Morgan fingerprint density at radius 2 is 2.38 bits per heavy atom. The summed E-state index contributed by atoms with van der Waals surface area (Å²) in [6, 6.07) is 0. The lowest BCUT2D eigenvalue weighted by Crippen LogP contribution is -2.06. The van der Waals surface area contributed by atoms with Crippen LogP contribution in [0.15, 0.2) is 0 Å². The van der Waals surface area contributed by atoms with Crippen molar-refractivity contribution in [2.75, 3.05) is 16.9 Å². The maximum absolute atomic E-state index is 10.3. The number of halogens is 2. The summed E-state index contributed by atoms with van der Waals surface area (Å²) in [5, 5.41) is 0. The molecule has 0 aliphatic rings. The molecule has 8 heavy (non-hydrogen) atoms. The first-order valence-electron chi connectivity index (χ1n) is 2.08. The Kier molecular flexibility index (Phi) is 5.97. The van der Waals surface area contributed by atoms with E-state index < -0.39 is 0 Å². The Morgan fingerprint density at radius 3 is 2.75 bits per heavy atom. The van der Waals surface area contributed by atoms with Crippen molar-refractivity contribution in [3.05, 3.63) is 0 Å². The summed E-state index contributed by atoms with van der Waals surface area (Å²) in [4.78, 5) is 10.3. The average Bonchev–Trinajstić information content (AvgIpc) is 1.83. The zero-order valence-corrected chi connectivity index (χ0v) is 7.11. The molecule has 0 heterocycles. The molecule has 48 valence electrons. The van der Waals surface area contributed by atoms with E-state index in [1.807, 2.05) is 22.6 Å². The SMILES string of the molecule is O=C(CI)OCCCl. The number of hydrogen-bond acceptors (Lipinski definition) is 2. The van der Waals surface area contributed by atoms with E-state index in [0.717, 1.165) is 0 Å². The van der Waals surface area contributed by atoms with Crippen LogP contribution in [0.3, 0.4) is 0 Å². The zero-order valence-electron chi connectivity index (χ0n) is 4.19. The maximum atomic E-state index is 10.3. The first kappa shape index (κ1) is 8.49. The highest BCUT2D eigenvalue weighted by atomic mass is 127. The van der Waals surface area contributed by atoms with E-state index in [4.69, 9.17) is 11.6 Å². The fourth-order valence-corrected chi connectivity index (χ4v) is 0.488. The average molecular weight is 248 g/mol. The van der Waals surface area contributed by atoms with E-state index in [1.54, 1.807) is 0 Å². The Bertz CT molecular complexity index is 76.4. The minimum Gasteiger partial charge on any atom is -0.464 e. The molecule has 4 heteroatoms. The van der Waals surface area contributed by atoms with Crippen molar-refractivity contribution in [3.63, 3.8) is 0 Å². The first-order valence-corrected chi connectivity index (χ1v) is 4.15. The first-order chi connectivity index (χ1) is 3.81. The lowest BCUT2D eigenvalue weighted by molar-refractivity contribution is -0.139. The monoisotopic (exact) mass is 248 g/mol. The summed E-state index contributed by atoms with van der Waals surface area (Å²) < 4.78 is 4.96. The number of alkyl halides is 2. The van der Waals surface area contributed by atoms with Gasteiger partial charge >= 0.3 is 5.97 Å². The Labute approximate surface area is 66.7 Å². The molecule has 0 N–H and O–H groups in total. The molecule has 0 radical (unpaired) electrons. The highest BCUT2D eigenvalue weighted by Gasteiger charge is 1.95. The summed E-state index contributed by atoms with van der Waals surface area (Å²) in [6.45, 7) is 0.323. The molecule has 0 atom stereocenters. The molecule has 0 fully saturated rings. The maximum Gasteiger partial charge on any atom is 0.315 e. The molecule has 0 aromatic heterocycles. The van der Waals surface area contributed by atoms with E-state index in [1.165, 1.54) is 0 Å². The summed E-state index contributed by atoms with van der Waals surface area (Å²) in [7, 11) is 0. The van der Waals surface area contributed by atoms with Crippen LogP contribution in [0.25, 0.3) is 0 Å². The molecule has 0 unspecified atom stereocenters. The second-order valence-electron chi connectivity index (χ2n) is 1.04. The Balaban J connectivity index is 2.99. The molecule has 0 saturated carbocycles. The van der Waals surface area contributed by atoms with Gasteiger partial charge in [0.1, 0.15) is 6.61 Å². The van der Waals surface area contributed by atoms with Gasteiger partial charge in [-0.25, -0.2) is 0 Å². The smallest absolute Gasteiger partial charge is 0.315 e. The summed E-state index contributed by atoms with van der Waals surface area (Å²) in [5.74, 6) is 0.175. The second kappa shape index (κ2) is 5.62. The van der Waals surface area contributed by atoms with Gasteiger partial charge in [-0.2, -0.15) is 0 Å². The Hall–Kier alpha value is 0.490. The van der Waals surface area contributed by atoms with Crippen LogP contribution < -0.4 is 0 Å². The molecule has 0 bridgehead atoms. The largest absolute Gasteiger partial charge is 0.464 e. The van der Waals surface area contributed by atoms with E-state index in [0.29, 0.717) is 16.9 Å². The fraction of sp³-hybridized carbons (Fsp3) is 0.750. The molecule has 0 aliphatic carbocycles. The summed E-state index contributed by atoms with van der Waals surface area (Å²) in [6.07, 6.45) is 0. The van der Waals surface area contributed by atoms with Crippen molar-refractivity contribution in [3.8, 4) is 0 Å². The molecule has 0 aromatic rings. The van der Waals surface area contributed by atoms with Gasteiger partial charge < -0.3 is 4.74 Å². The van der Waals surface area contributed by atoms with Crippen molar-refractivity contribution in [1.82, 2.24) is 0 Å². The minimum absolute atomic E-state index is 0.203. The zero-order chi connectivity index (χ0) is 6.41. The van der Waals surface area contributed by atoms with Gasteiger partial charge in [0.05, 0.1) is 10.3 Å². The molecule has 0 saturated heterocycles. The van der Waals surface area contributed by atoms with Crippen LogP contribution in [0.2, 0.25) is 0 Å². The summed E-state index contributed by atoms with van der Waals surface area (Å²) >= 11 is 7.16. The van der Waals surface area contributed by atoms with E-state index >= 15 is 0 Å². The van der Waals surface area contributed by atoms with Gasteiger partial charge in [0.15, 0.2) is 0 Å². The van der Waals surface area contributed by atoms with Crippen molar-refractivity contribution in [2.24, 2.45) is 0 Å². The van der Waals surface area contributed by atoms with Gasteiger partial charge in [0, 0.05) is 0 Å². The summed E-state index contributed by atoms with van der Waals surface area (Å²) in [5.41, 5.74) is 0. The van der Waals surface area contributed by atoms with Gasteiger partial charge in [0.2, 0.25) is 0 Å². The fourth-order valence-electron chi connectivity index (χ4n) is 0.191. The van der Waals surface area contributed by atoms with Crippen LogP contribution in [0.5, 0.6) is 0 Å². The van der Waals surface area contributed by atoms with Crippen LogP contribution in [0.4, 0.5) is 0 Å². The molecular formula is C4H6ClIO2. The third-order valence-corrected chi connectivity index (χ3v) is 1.23. The van der Waals surface area contributed by atoms with Crippen LogP contribution in [-0.4, -0.2) is 22.9 Å². The number of ether oxygens (including phenoxy) is 1. The van der Waals surface area contributed by atoms with Crippen molar-refractivity contribution in [1.29, 1.82) is 0 Å². The normalized spacial score (nSPS) is 8.75. The molecule has 2 nitrogen and oxygen atoms in total. The van der Waals surface area contributed by atoms with Crippen molar-refractivity contribution < 1.29 is 9.53 Å². The third kappa shape index (κ3) is 4.64. The molecule has 0 aliphatic heterocycles. The second-order valence-corrected chi connectivity index (χ2v) is 2.18. The van der Waals surface area contributed by atoms with Crippen LogP contribution in [0, 0.1) is 0 Å². The van der Waals surface area contributed by atoms with E-state index in [2.05, 4.69) is 4.74 Å². The van der Waals surface area contributed by atoms with Crippen LogP contribution in [-0.2, 0) is 9.53 Å². The Morgan fingerprint density at radius 1 is 1.75 bits per heavy atom. The van der Waals surface area contributed by atoms with Gasteiger partial charge in [-0.1, -0.05) is 22.6 Å². The van der Waals surface area contributed by atoms with Gasteiger partial charge in [0.25, 0.3) is 0 Å². The third-order valence-electron chi connectivity index (χ3n) is 0.449. The predicted molar refractivity (Wildman–Crippen MR) is 40.6 cm³/mol. The molecule has 0 amide bonds.